The standard InChI is InChI=1S/C18H18N2O3S/c1-3-22-14-6-4-5-13(9-14)18-20-16(11-24-18)17-8-7-15(23-17)10-19-12(2)21/h4-9,11H,3,10H2,1-2H3,(H,19,21). The number of nitrogens with one attached hydrogen (secondary N) is 1. The summed E-state index contributed by atoms with van der Waals surface area (Å²) in [6.07, 6.45) is 0. The lowest BCUT2D eigenvalue weighted by atomic mass is 10.2. The number of amides is 1. The second-order valence-electron chi connectivity index (χ2n) is 5.17. The smallest absolute Gasteiger partial charge is 0.217 e. The molecule has 0 atom stereocenters. The van der Waals surface area contributed by atoms with Crippen LogP contribution in [0.1, 0.15) is 19.6 Å². The van der Waals surface area contributed by atoms with Crippen LogP contribution in [0.15, 0.2) is 46.2 Å². The van der Waals surface area contributed by atoms with Crippen molar-refractivity contribution in [1.82, 2.24) is 10.3 Å². The van der Waals surface area contributed by atoms with Gasteiger partial charge in [-0.05, 0) is 31.2 Å². The molecule has 0 fully saturated rings. The van der Waals surface area contributed by atoms with Crippen molar-refractivity contribution >= 4 is 17.2 Å². The average Bonchev–Trinajstić information content (AvgIpc) is 3.23. The Morgan fingerprint density at radius 2 is 2.21 bits per heavy atom. The fraction of sp³-hybridized carbons (Fsp3) is 0.222. The maximum absolute atomic E-state index is 11.0. The van der Waals surface area contributed by atoms with Gasteiger partial charge < -0.3 is 14.5 Å². The SMILES string of the molecule is CCOc1cccc(-c2nc(-c3ccc(CNC(C)=O)o3)cs2)c1. The molecule has 0 aliphatic rings. The summed E-state index contributed by atoms with van der Waals surface area (Å²) >= 11 is 1.56. The van der Waals surface area contributed by atoms with Crippen LogP contribution in [-0.4, -0.2) is 17.5 Å². The number of carbonyl (C=O) groups is 1. The molecule has 24 heavy (non-hydrogen) atoms. The van der Waals surface area contributed by atoms with Crippen molar-refractivity contribution in [3.63, 3.8) is 0 Å². The molecule has 0 bridgehead atoms. The van der Waals surface area contributed by atoms with Crippen LogP contribution in [0.2, 0.25) is 0 Å². The molecule has 0 saturated heterocycles. The van der Waals surface area contributed by atoms with Crippen molar-refractivity contribution in [2.75, 3.05) is 6.61 Å². The third-order valence-electron chi connectivity index (χ3n) is 3.32. The quantitative estimate of drug-likeness (QED) is 0.732. The van der Waals surface area contributed by atoms with Gasteiger partial charge in [0.1, 0.15) is 22.2 Å². The van der Waals surface area contributed by atoms with Crippen molar-refractivity contribution in [3.8, 4) is 27.8 Å². The van der Waals surface area contributed by atoms with Crippen molar-refractivity contribution in [1.29, 1.82) is 0 Å². The summed E-state index contributed by atoms with van der Waals surface area (Å²) in [7, 11) is 0. The summed E-state index contributed by atoms with van der Waals surface area (Å²) in [5.74, 6) is 2.15. The number of benzene rings is 1. The van der Waals surface area contributed by atoms with E-state index in [1.165, 1.54) is 6.92 Å². The molecule has 0 radical (unpaired) electrons. The number of furan rings is 1. The average molecular weight is 342 g/mol. The first-order valence-electron chi connectivity index (χ1n) is 7.68. The third kappa shape index (κ3) is 3.83. The maximum Gasteiger partial charge on any atom is 0.217 e. The predicted octanol–water partition coefficient (Wildman–Crippen LogP) is 4.10. The van der Waals surface area contributed by atoms with Crippen LogP contribution in [0.3, 0.4) is 0 Å². The maximum atomic E-state index is 11.0. The Bertz CT molecular complexity index is 838. The predicted molar refractivity (Wildman–Crippen MR) is 93.9 cm³/mol. The van der Waals surface area contributed by atoms with E-state index >= 15 is 0 Å². The first kappa shape index (κ1) is 16.3. The first-order valence-corrected chi connectivity index (χ1v) is 8.56. The number of nitrogens with zero attached hydrogens (tertiary/aromatic N) is 1. The first-order chi connectivity index (χ1) is 11.7. The molecule has 1 aromatic carbocycles. The molecule has 0 unspecified atom stereocenters. The Morgan fingerprint density at radius 1 is 1.33 bits per heavy atom. The molecule has 1 amide bonds. The van der Waals surface area contributed by atoms with Crippen molar-refractivity contribution in [2.24, 2.45) is 0 Å². The Balaban J connectivity index is 1.78. The zero-order chi connectivity index (χ0) is 16.9. The molecule has 0 aliphatic carbocycles. The van der Waals surface area contributed by atoms with Gasteiger partial charge in [-0.25, -0.2) is 4.98 Å². The van der Waals surface area contributed by atoms with Gasteiger partial charge in [0.2, 0.25) is 5.91 Å². The Hall–Kier alpha value is -2.60. The summed E-state index contributed by atoms with van der Waals surface area (Å²) in [4.78, 5) is 15.6. The van der Waals surface area contributed by atoms with Gasteiger partial charge >= 0.3 is 0 Å². The molecule has 3 rings (SSSR count). The van der Waals surface area contributed by atoms with Gasteiger partial charge in [0, 0.05) is 17.9 Å². The highest BCUT2D eigenvalue weighted by atomic mass is 32.1. The number of ether oxygens (including phenoxy) is 1. The van der Waals surface area contributed by atoms with Gasteiger partial charge in [0.05, 0.1) is 13.2 Å². The monoisotopic (exact) mass is 342 g/mol. The third-order valence-corrected chi connectivity index (χ3v) is 4.21. The van der Waals surface area contributed by atoms with E-state index in [1.807, 2.05) is 48.7 Å². The summed E-state index contributed by atoms with van der Waals surface area (Å²) in [6, 6.07) is 11.6. The molecule has 6 heteroatoms. The molecular formula is C18H18N2O3S. The summed E-state index contributed by atoms with van der Waals surface area (Å²) < 4.78 is 11.3. The van der Waals surface area contributed by atoms with E-state index in [-0.39, 0.29) is 5.91 Å². The van der Waals surface area contributed by atoms with Crippen LogP contribution in [0.25, 0.3) is 22.0 Å². The van der Waals surface area contributed by atoms with Gasteiger partial charge in [-0.2, -0.15) is 0 Å². The van der Waals surface area contributed by atoms with Gasteiger partial charge in [-0.1, -0.05) is 12.1 Å². The zero-order valence-corrected chi connectivity index (χ0v) is 14.4. The number of aromatic nitrogens is 1. The lowest BCUT2D eigenvalue weighted by molar-refractivity contribution is -0.119. The van der Waals surface area contributed by atoms with Crippen LogP contribution in [-0.2, 0) is 11.3 Å². The molecule has 0 aliphatic heterocycles. The lowest BCUT2D eigenvalue weighted by Crippen LogP contribution is -2.18. The van der Waals surface area contributed by atoms with E-state index in [4.69, 9.17) is 9.15 Å². The molecule has 5 nitrogen and oxygen atoms in total. The topological polar surface area (TPSA) is 64.4 Å². The summed E-state index contributed by atoms with van der Waals surface area (Å²) in [6.45, 7) is 4.45. The molecule has 2 aromatic heterocycles. The largest absolute Gasteiger partial charge is 0.494 e. The van der Waals surface area contributed by atoms with E-state index in [9.17, 15) is 4.79 Å². The van der Waals surface area contributed by atoms with E-state index in [0.717, 1.165) is 22.0 Å². The zero-order valence-electron chi connectivity index (χ0n) is 13.5. The molecule has 0 spiro atoms. The highest BCUT2D eigenvalue weighted by Gasteiger charge is 2.11. The number of rotatable bonds is 6. The van der Waals surface area contributed by atoms with Crippen molar-refractivity contribution < 1.29 is 13.9 Å². The highest BCUT2D eigenvalue weighted by molar-refractivity contribution is 7.13. The fourth-order valence-electron chi connectivity index (χ4n) is 2.23. The number of thiazole rings is 1. The van der Waals surface area contributed by atoms with Crippen LogP contribution in [0.5, 0.6) is 5.75 Å². The van der Waals surface area contributed by atoms with E-state index < -0.39 is 0 Å². The van der Waals surface area contributed by atoms with E-state index in [1.54, 1.807) is 11.3 Å². The molecule has 1 N–H and O–H groups in total. The van der Waals surface area contributed by atoms with Gasteiger partial charge in [0.25, 0.3) is 0 Å². The Kier molecular flexibility index (Phi) is 4.96. The summed E-state index contributed by atoms with van der Waals surface area (Å²) in [5.41, 5.74) is 1.80. The highest BCUT2D eigenvalue weighted by Crippen LogP contribution is 2.31. The van der Waals surface area contributed by atoms with E-state index in [0.29, 0.717) is 24.7 Å². The van der Waals surface area contributed by atoms with Crippen LogP contribution in [0, 0.1) is 0 Å². The minimum Gasteiger partial charge on any atom is -0.494 e. The molecule has 2 heterocycles. The second kappa shape index (κ2) is 7.31. The Morgan fingerprint density at radius 3 is 3.00 bits per heavy atom. The van der Waals surface area contributed by atoms with Crippen LogP contribution >= 0.6 is 11.3 Å². The van der Waals surface area contributed by atoms with Crippen molar-refractivity contribution in [3.05, 3.63) is 47.5 Å². The van der Waals surface area contributed by atoms with Gasteiger partial charge in [-0.15, -0.1) is 11.3 Å². The molecule has 124 valence electrons. The fourth-order valence-corrected chi connectivity index (χ4v) is 3.03. The van der Waals surface area contributed by atoms with Crippen molar-refractivity contribution in [2.45, 2.75) is 20.4 Å². The Labute approximate surface area is 144 Å². The summed E-state index contributed by atoms with van der Waals surface area (Å²) in [5, 5.41) is 5.58. The minimum atomic E-state index is -0.0851. The molecule has 0 saturated carbocycles. The second-order valence-corrected chi connectivity index (χ2v) is 6.03. The number of hydrogen-bond acceptors (Lipinski definition) is 5. The van der Waals surface area contributed by atoms with Crippen LogP contribution in [0.4, 0.5) is 0 Å². The van der Waals surface area contributed by atoms with E-state index in [2.05, 4.69) is 10.3 Å². The lowest BCUT2D eigenvalue weighted by Gasteiger charge is -2.03. The number of hydrogen-bond donors (Lipinski definition) is 1. The van der Waals surface area contributed by atoms with Crippen LogP contribution < -0.4 is 10.1 Å². The minimum absolute atomic E-state index is 0.0851. The molecular weight excluding hydrogens is 324 g/mol. The van der Waals surface area contributed by atoms with Gasteiger partial charge in [0.15, 0.2) is 5.76 Å². The normalized spacial score (nSPS) is 10.6. The van der Waals surface area contributed by atoms with Gasteiger partial charge in [-0.3, -0.25) is 4.79 Å². The number of carbonyl (C=O) groups excluding carboxylic acids is 1. The molecule has 3 aromatic rings.